The maximum Gasteiger partial charge on any atom is 0.330 e. The predicted octanol–water partition coefficient (Wildman–Crippen LogP) is 3.84. The second-order valence-corrected chi connectivity index (χ2v) is 22.7. The highest BCUT2D eigenvalue weighted by Gasteiger charge is 2.42. The van der Waals surface area contributed by atoms with Crippen LogP contribution in [0.25, 0.3) is 0 Å². The fourth-order valence-electron chi connectivity index (χ4n) is 2.39. The molecule has 0 fully saturated rings. The van der Waals surface area contributed by atoms with E-state index < -0.39 is 39.8 Å². The molecule has 0 aliphatic rings. The van der Waals surface area contributed by atoms with Gasteiger partial charge in [0, 0.05) is 17.8 Å². The molecule has 23 heavy (non-hydrogen) atoms. The van der Waals surface area contributed by atoms with Crippen LogP contribution in [0.15, 0.2) is 12.7 Å². The molecule has 134 valence electrons. The largest absolute Gasteiger partial charge is 0.463 e. The number of carbonyl (C=O) groups excluding carboxylic acids is 1. The van der Waals surface area contributed by atoms with E-state index in [1.54, 1.807) is 0 Å². The lowest BCUT2D eigenvalue weighted by Crippen LogP contribution is -2.54. The van der Waals surface area contributed by atoms with Crippen molar-refractivity contribution < 1.29 is 22.2 Å². The average Bonchev–Trinajstić information content (AvgIpc) is 2.34. The third kappa shape index (κ3) is 11.1. The number of rotatable bonds is 11. The summed E-state index contributed by atoms with van der Waals surface area (Å²) >= 11 is 0. The summed E-state index contributed by atoms with van der Waals surface area (Å²) in [7, 11) is -7.94. The monoisotopic (exact) mass is 392 g/mol. The normalized spacial score (nSPS) is 14.9. The molecule has 0 amide bonds. The van der Waals surface area contributed by atoms with Crippen LogP contribution >= 0.6 is 0 Å². The van der Waals surface area contributed by atoms with Crippen molar-refractivity contribution in [3.63, 3.8) is 0 Å². The molecule has 0 saturated heterocycles. The quantitative estimate of drug-likeness (QED) is 0.304. The van der Waals surface area contributed by atoms with Crippen molar-refractivity contribution in [3.8, 4) is 0 Å². The molecule has 0 saturated carbocycles. The Bertz CT molecular complexity index is 433. The number of esters is 1. The summed E-state index contributed by atoms with van der Waals surface area (Å²) in [5.41, 5.74) is 0.679. The lowest BCUT2D eigenvalue weighted by Gasteiger charge is -2.39. The Morgan fingerprint density at radius 3 is 2.13 bits per heavy atom. The third-order valence-electron chi connectivity index (χ3n) is 3.00. The molecular formula is C14H32O5Si4. The molecule has 0 aromatic carbocycles. The first kappa shape index (κ1) is 22.8. The summed E-state index contributed by atoms with van der Waals surface area (Å²) in [6.45, 7) is 18.2. The summed E-state index contributed by atoms with van der Waals surface area (Å²) in [5.74, 6) is -0.429. The molecule has 0 rings (SSSR count). The first-order valence-corrected chi connectivity index (χ1v) is 18.9. The van der Waals surface area contributed by atoms with Crippen molar-refractivity contribution in [1.82, 2.24) is 0 Å². The smallest absolute Gasteiger partial charge is 0.330 e. The third-order valence-corrected chi connectivity index (χ3v) is 18.0. The van der Waals surface area contributed by atoms with Gasteiger partial charge in [-0.05, 0) is 45.3 Å². The van der Waals surface area contributed by atoms with Gasteiger partial charge in [0.1, 0.15) is 0 Å². The maximum absolute atomic E-state index is 12.0. The van der Waals surface area contributed by atoms with Crippen LogP contribution in [0, 0.1) is 0 Å². The summed E-state index contributed by atoms with van der Waals surface area (Å²) in [6, 6.07) is 1.30. The Kier molecular flexibility index (Phi) is 9.24. The lowest BCUT2D eigenvalue weighted by atomic mass is 10.6. The van der Waals surface area contributed by atoms with Crippen LogP contribution in [0.4, 0.5) is 0 Å². The SMILES string of the molecule is C=CC(=O)OCC[Si](C)(O[Si](C)(C)C)O[Si](C)(C)C[Si](=O)CC. The number of ether oxygens (including phenoxy) is 1. The van der Waals surface area contributed by atoms with Gasteiger partial charge in [0.25, 0.3) is 8.68 Å². The van der Waals surface area contributed by atoms with E-state index in [4.69, 9.17) is 13.0 Å². The van der Waals surface area contributed by atoms with Gasteiger partial charge in [-0.3, -0.25) is 0 Å². The van der Waals surface area contributed by atoms with Crippen LogP contribution in [0.2, 0.25) is 57.0 Å². The Morgan fingerprint density at radius 1 is 1.13 bits per heavy atom. The van der Waals surface area contributed by atoms with Gasteiger partial charge in [-0.1, -0.05) is 13.5 Å². The summed E-state index contributed by atoms with van der Waals surface area (Å²) in [5, 5.41) is 0. The minimum atomic E-state index is -2.49. The Hall–Kier alpha value is -0.202. The van der Waals surface area contributed by atoms with Crippen molar-refractivity contribution in [2.24, 2.45) is 0 Å². The Labute approximate surface area is 145 Å². The van der Waals surface area contributed by atoms with E-state index in [2.05, 4.69) is 39.3 Å². The lowest BCUT2D eigenvalue weighted by molar-refractivity contribution is -0.137. The van der Waals surface area contributed by atoms with Crippen molar-refractivity contribution in [2.75, 3.05) is 6.61 Å². The summed E-state index contributed by atoms with van der Waals surface area (Å²) < 4.78 is 30.0. The fraction of sp³-hybridized carbons (Fsp3) is 0.786. The highest BCUT2D eigenvalue weighted by atomic mass is 28.5. The van der Waals surface area contributed by atoms with Gasteiger partial charge in [0.05, 0.1) is 6.61 Å². The van der Waals surface area contributed by atoms with Crippen LogP contribution < -0.4 is 0 Å². The predicted molar refractivity (Wildman–Crippen MR) is 102 cm³/mol. The molecule has 5 nitrogen and oxygen atoms in total. The molecule has 0 spiro atoms. The summed E-state index contributed by atoms with van der Waals surface area (Å²) in [6.07, 6.45) is 1.16. The number of carbonyl (C=O) groups is 1. The van der Waals surface area contributed by atoms with Crippen LogP contribution in [0.5, 0.6) is 0 Å². The van der Waals surface area contributed by atoms with Crippen molar-refractivity contribution >= 4 is 39.8 Å². The Morgan fingerprint density at radius 2 is 1.70 bits per heavy atom. The van der Waals surface area contributed by atoms with E-state index in [1.807, 2.05) is 13.5 Å². The standard InChI is InChI=1S/C14H32O5Si4/c1-9-14(15)17-11-12-23(8,18-21(3,4)5)19-22(6,7)13-20(16)10-2/h9H,1,10-13H2,2-8H3. The first-order valence-electron chi connectivity index (χ1n) is 8.04. The molecule has 0 aliphatic heterocycles. The zero-order valence-electron chi connectivity index (χ0n) is 15.7. The molecule has 0 aromatic heterocycles. The molecular weight excluding hydrogens is 360 g/mol. The maximum atomic E-state index is 12.0. The number of hydrogen-bond acceptors (Lipinski definition) is 5. The van der Waals surface area contributed by atoms with Gasteiger partial charge in [0.15, 0.2) is 16.6 Å². The fourth-order valence-corrected chi connectivity index (χ4v) is 19.8. The van der Waals surface area contributed by atoms with Crippen LogP contribution in [-0.2, 0) is 22.2 Å². The molecule has 9 heteroatoms. The van der Waals surface area contributed by atoms with Crippen LogP contribution in [0.1, 0.15) is 6.92 Å². The van der Waals surface area contributed by atoms with Gasteiger partial charge in [-0.2, -0.15) is 0 Å². The summed E-state index contributed by atoms with van der Waals surface area (Å²) in [4.78, 5) is 11.2. The van der Waals surface area contributed by atoms with Crippen LogP contribution in [0.3, 0.4) is 0 Å². The molecule has 0 N–H and O–H groups in total. The minimum Gasteiger partial charge on any atom is -0.463 e. The van der Waals surface area contributed by atoms with Gasteiger partial charge >= 0.3 is 14.5 Å². The van der Waals surface area contributed by atoms with Crippen molar-refractivity contribution in [1.29, 1.82) is 0 Å². The second kappa shape index (κ2) is 9.32. The molecule has 0 aromatic rings. The first-order chi connectivity index (χ1) is 10.3. The molecule has 0 bridgehead atoms. The topological polar surface area (TPSA) is 61.8 Å². The van der Waals surface area contributed by atoms with Gasteiger partial charge in [-0.15, -0.1) is 0 Å². The van der Waals surface area contributed by atoms with Crippen molar-refractivity contribution in [3.05, 3.63) is 12.7 Å². The van der Waals surface area contributed by atoms with E-state index in [9.17, 15) is 9.26 Å². The van der Waals surface area contributed by atoms with Gasteiger partial charge < -0.3 is 17.4 Å². The van der Waals surface area contributed by atoms with E-state index in [-0.39, 0.29) is 6.61 Å². The van der Waals surface area contributed by atoms with Gasteiger partial charge in [-0.25, -0.2) is 4.79 Å². The van der Waals surface area contributed by atoms with E-state index in [0.29, 0.717) is 17.8 Å². The zero-order valence-corrected chi connectivity index (χ0v) is 19.7. The van der Waals surface area contributed by atoms with E-state index in [1.165, 1.54) is 0 Å². The minimum absolute atomic E-state index is 0.269. The van der Waals surface area contributed by atoms with Crippen LogP contribution in [-0.4, -0.2) is 46.5 Å². The molecule has 1 atom stereocenters. The van der Waals surface area contributed by atoms with E-state index >= 15 is 0 Å². The highest BCUT2D eigenvalue weighted by molar-refractivity contribution is 6.90. The van der Waals surface area contributed by atoms with Gasteiger partial charge in [0.2, 0.25) is 0 Å². The molecule has 1 unspecified atom stereocenters. The molecule has 0 heterocycles. The second-order valence-electron chi connectivity index (χ2n) is 7.40. The average molecular weight is 393 g/mol. The zero-order chi connectivity index (χ0) is 18.3. The molecule has 0 radical (unpaired) electrons. The number of hydrogen-bond donors (Lipinski definition) is 0. The van der Waals surface area contributed by atoms with Crippen molar-refractivity contribution in [2.45, 2.75) is 64.0 Å². The molecule has 0 aliphatic carbocycles. The Balaban J connectivity index is 5.00. The highest BCUT2D eigenvalue weighted by Crippen LogP contribution is 2.26. The van der Waals surface area contributed by atoms with E-state index in [0.717, 1.165) is 6.08 Å².